The molecule has 2 N–H and O–H groups in total. The molecule has 0 aromatic carbocycles. The molecule has 0 amide bonds. The van der Waals surface area contributed by atoms with Crippen molar-refractivity contribution in [3.63, 3.8) is 0 Å². The quantitative estimate of drug-likeness (QED) is 0.722. The predicted molar refractivity (Wildman–Crippen MR) is 49.6 cm³/mol. The first kappa shape index (κ1) is 9.35. The van der Waals surface area contributed by atoms with Crippen molar-refractivity contribution in [3.8, 4) is 0 Å². The Bertz CT molecular complexity index is 280. The SMILES string of the molecule is CC(C)c1nc(C(=O)CN)cs1. The number of aromatic nitrogens is 1. The molecule has 0 aliphatic rings. The van der Waals surface area contributed by atoms with Crippen LogP contribution in [0.3, 0.4) is 0 Å². The third-order valence-corrected chi connectivity index (χ3v) is 2.63. The van der Waals surface area contributed by atoms with Gasteiger partial charge in [-0.25, -0.2) is 4.98 Å². The van der Waals surface area contributed by atoms with E-state index < -0.39 is 0 Å². The van der Waals surface area contributed by atoms with Crippen molar-refractivity contribution in [2.45, 2.75) is 19.8 Å². The second-order valence-corrected chi connectivity index (χ2v) is 3.74. The van der Waals surface area contributed by atoms with Gasteiger partial charge >= 0.3 is 0 Å². The Morgan fingerprint density at radius 1 is 1.75 bits per heavy atom. The average molecular weight is 184 g/mol. The molecular formula is C8H12N2OS. The van der Waals surface area contributed by atoms with E-state index in [1.165, 1.54) is 11.3 Å². The second-order valence-electron chi connectivity index (χ2n) is 2.85. The van der Waals surface area contributed by atoms with Crippen LogP contribution in [0.25, 0.3) is 0 Å². The molecule has 12 heavy (non-hydrogen) atoms. The number of hydrogen-bond acceptors (Lipinski definition) is 4. The van der Waals surface area contributed by atoms with Gasteiger partial charge in [-0.15, -0.1) is 11.3 Å². The van der Waals surface area contributed by atoms with Crippen molar-refractivity contribution in [3.05, 3.63) is 16.1 Å². The van der Waals surface area contributed by atoms with Crippen LogP contribution in [0.15, 0.2) is 5.38 Å². The highest BCUT2D eigenvalue weighted by molar-refractivity contribution is 7.09. The normalized spacial score (nSPS) is 10.7. The first-order valence-corrected chi connectivity index (χ1v) is 4.71. The summed E-state index contributed by atoms with van der Waals surface area (Å²) >= 11 is 1.51. The zero-order valence-electron chi connectivity index (χ0n) is 7.20. The first-order chi connectivity index (χ1) is 5.65. The minimum Gasteiger partial charge on any atom is -0.324 e. The Kier molecular flexibility index (Phi) is 2.94. The zero-order chi connectivity index (χ0) is 9.14. The van der Waals surface area contributed by atoms with Crippen LogP contribution in [0.4, 0.5) is 0 Å². The molecule has 0 saturated heterocycles. The maximum absolute atomic E-state index is 11.1. The van der Waals surface area contributed by atoms with Crippen molar-refractivity contribution in [1.82, 2.24) is 4.98 Å². The fourth-order valence-electron chi connectivity index (χ4n) is 0.785. The molecule has 0 radical (unpaired) electrons. The van der Waals surface area contributed by atoms with E-state index in [1.807, 2.05) is 0 Å². The average Bonchev–Trinajstić information content (AvgIpc) is 2.51. The molecule has 4 heteroatoms. The van der Waals surface area contributed by atoms with Crippen LogP contribution in [0.2, 0.25) is 0 Å². The van der Waals surface area contributed by atoms with Gasteiger partial charge < -0.3 is 5.73 Å². The highest BCUT2D eigenvalue weighted by Gasteiger charge is 2.10. The van der Waals surface area contributed by atoms with Crippen LogP contribution >= 0.6 is 11.3 Å². The number of nitrogens with two attached hydrogens (primary N) is 1. The molecule has 0 aliphatic carbocycles. The molecule has 66 valence electrons. The van der Waals surface area contributed by atoms with E-state index >= 15 is 0 Å². The minimum absolute atomic E-state index is 0.0429. The topological polar surface area (TPSA) is 56.0 Å². The van der Waals surface area contributed by atoms with Crippen LogP contribution < -0.4 is 5.73 Å². The van der Waals surface area contributed by atoms with Crippen molar-refractivity contribution in [2.24, 2.45) is 5.73 Å². The standard InChI is InChI=1S/C8H12N2OS/c1-5(2)8-10-6(4-12-8)7(11)3-9/h4-5H,3,9H2,1-2H3. The van der Waals surface area contributed by atoms with Gasteiger partial charge in [0.1, 0.15) is 5.69 Å². The van der Waals surface area contributed by atoms with E-state index in [1.54, 1.807) is 5.38 Å². The number of ketones is 1. The maximum atomic E-state index is 11.1. The molecule has 0 saturated carbocycles. The first-order valence-electron chi connectivity index (χ1n) is 3.84. The molecule has 1 aromatic rings. The van der Waals surface area contributed by atoms with Crippen LogP contribution in [-0.2, 0) is 0 Å². The van der Waals surface area contributed by atoms with Gasteiger partial charge in [0.15, 0.2) is 5.78 Å². The summed E-state index contributed by atoms with van der Waals surface area (Å²) in [5.41, 5.74) is 5.71. The fourth-order valence-corrected chi connectivity index (χ4v) is 1.63. The maximum Gasteiger partial charge on any atom is 0.195 e. The van der Waals surface area contributed by atoms with Crippen LogP contribution in [0, 0.1) is 0 Å². The molecule has 0 unspecified atom stereocenters. The molecule has 0 spiro atoms. The van der Waals surface area contributed by atoms with E-state index in [2.05, 4.69) is 18.8 Å². The predicted octanol–water partition coefficient (Wildman–Crippen LogP) is 1.41. The smallest absolute Gasteiger partial charge is 0.195 e. The van der Waals surface area contributed by atoms with Gasteiger partial charge in [0.25, 0.3) is 0 Å². The Morgan fingerprint density at radius 2 is 2.42 bits per heavy atom. The lowest BCUT2D eigenvalue weighted by molar-refractivity contribution is 0.0997. The van der Waals surface area contributed by atoms with Gasteiger partial charge in [0.2, 0.25) is 0 Å². The van der Waals surface area contributed by atoms with Gasteiger partial charge in [-0.2, -0.15) is 0 Å². The largest absolute Gasteiger partial charge is 0.324 e. The molecule has 0 bridgehead atoms. The monoisotopic (exact) mass is 184 g/mol. The number of hydrogen-bond donors (Lipinski definition) is 1. The van der Waals surface area contributed by atoms with E-state index in [-0.39, 0.29) is 12.3 Å². The van der Waals surface area contributed by atoms with Crippen molar-refractivity contribution in [1.29, 1.82) is 0 Å². The lowest BCUT2D eigenvalue weighted by Crippen LogP contribution is -2.13. The summed E-state index contributed by atoms with van der Waals surface area (Å²) in [7, 11) is 0. The molecule has 0 aliphatic heterocycles. The van der Waals surface area contributed by atoms with Gasteiger partial charge in [-0.3, -0.25) is 4.79 Å². The van der Waals surface area contributed by atoms with Gasteiger partial charge in [0, 0.05) is 11.3 Å². The summed E-state index contributed by atoms with van der Waals surface area (Å²) in [6, 6.07) is 0. The van der Waals surface area contributed by atoms with E-state index in [0.717, 1.165) is 5.01 Å². The summed E-state index contributed by atoms with van der Waals surface area (Å²) in [5.74, 6) is 0.299. The van der Waals surface area contributed by atoms with Crippen molar-refractivity contribution >= 4 is 17.1 Å². The summed E-state index contributed by atoms with van der Waals surface area (Å²) in [5, 5.41) is 2.76. The molecule has 1 rings (SSSR count). The summed E-state index contributed by atoms with van der Waals surface area (Å²) in [6.07, 6.45) is 0. The van der Waals surface area contributed by atoms with Crippen LogP contribution in [0.5, 0.6) is 0 Å². The number of nitrogens with zero attached hydrogens (tertiary/aromatic N) is 1. The van der Waals surface area contributed by atoms with E-state index in [0.29, 0.717) is 11.6 Å². The highest BCUT2D eigenvalue weighted by Crippen LogP contribution is 2.18. The Morgan fingerprint density at radius 3 is 2.83 bits per heavy atom. The summed E-state index contributed by atoms with van der Waals surface area (Å²) in [4.78, 5) is 15.2. The van der Waals surface area contributed by atoms with E-state index in [4.69, 9.17) is 5.73 Å². The van der Waals surface area contributed by atoms with Crippen molar-refractivity contribution in [2.75, 3.05) is 6.54 Å². The second kappa shape index (κ2) is 3.78. The van der Waals surface area contributed by atoms with Crippen molar-refractivity contribution < 1.29 is 4.79 Å². The molecule has 3 nitrogen and oxygen atoms in total. The molecule has 1 aromatic heterocycles. The Balaban J connectivity index is 2.84. The van der Waals surface area contributed by atoms with E-state index in [9.17, 15) is 4.79 Å². The fraction of sp³-hybridized carbons (Fsp3) is 0.500. The minimum atomic E-state index is -0.0850. The van der Waals surface area contributed by atoms with Gasteiger partial charge in [0.05, 0.1) is 11.6 Å². The number of carbonyl (C=O) groups excluding carboxylic acids is 1. The van der Waals surface area contributed by atoms with Crippen LogP contribution in [-0.4, -0.2) is 17.3 Å². The Hall–Kier alpha value is -0.740. The third kappa shape index (κ3) is 1.89. The summed E-state index contributed by atoms with van der Waals surface area (Å²) < 4.78 is 0. The lowest BCUT2D eigenvalue weighted by Gasteiger charge is -1.95. The molecule has 1 heterocycles. The third-order valence-electron chi connectivity index (χ3n) is 1.49. The van der Waals surface area contributed by atoms with Crippen LogP contribution in [0.1, 0.15) is 35.3 Å². The summed E-state index contributed by atoms with van der Waals surface area (Å²) in [6.45, 7) is 4.15. The zero-order valence-corrected chi connectivity index (χ0v) is 8.02. The lowest BCUT2D eigenvalue weighted by atomic mass is 10.2. The molecule has 0 fully saturated rings. The Labute approximate surface area is 75.6 Å². The number of rotatable bonds is 3. The van der Waals surface area contributed by atoms with Gasteiger partial charge in [-0.05, 0) is 0 Å². The number of carbonyl (C=O) groups is 1. The van der Waals surface area contributed by atoms with Gasteiger partial charge in [-0.1, -0.05) is 13.8 Å². The number of thiazole rings is 1. The highest BCUT2D eigenvalue weighted by atomic mass is 32.1. The molecular weight excluding hydrogens is 172 g/mol. The number of Topliss-reactive ketones (excluding diaryl/α,β-unsaturated/α-hetero) is 1. The molecule has 0 atom stereocenters.